The van der Waals surface area contributed by atoms with E-state index in [1.54, 1.807) is 0 Å². The van der Waals surface area contributed by atoms with E-state index in [9.17, 15) is 49.8 Å². The molecule has 1 aliphatic rings. The van der Waals surface area contributed by atoms with Crippen molar-refractivity contribution in [1.29, 1.82) is 0 Å². The van der Waals surface area contributed by atoms with Gasteiger partial charge in [0.1, 0.15) is 18.2 Å². The van der Waals surface area contributed by atoms with Crippen LogP contribution in [-0.4, -0.2) is 33.1 Å². The summed E-state index contributed by atoms with van der Waals surface area (Å²) in [5.74, 6) is -6.40. The molecule has 5 rings (SSSR count). The van der Waals surface area contributed by atoms with Gasteiger partial charge in [0.15, 0.2) is 5.72 Å². The molecule has 2 amide bonds. The zero-order valence-corrected chi connectivity index (χ0v) is 20.6. The van der Waals surface area contributed by atoms with Crippen LogP contribution in [0.3, 0.4) is 0 Å². The number of benzene rings is 3. The number of hydrogen-bond donors (Lipinski definition) is 3. The Morgan fingerprint density at radius 2 is 1.80 bits per heavy atom. The second-order valence-electron chi connectivity index (χ2n) is 8.90. The number of rotatable bonds is 5. The summed E-state index contributed by atoms with van der Waals surface area (Å²) in [6, 6.07) is 4.38. The summed E-state index contributed by atoms with van der Waals surface area (Å²) >= 11 is 6.14. The zero-order chi connectivity index (χ0) is 30.0. The first-order chi connectivity index (χ1) is 19.1. The SMILES string of the molecule is O=C(Nc1cc2c(c(F)nn2CC(F)F)c2c1C(O)(c1cc(F)ccc1Cl)NC2=O)c1cc(F)cc(C(F)(F)F)c1. The summed E-state index contributed by atoms with van der Waals surface area (Å²) in [4.78, 5) is 26.2. The fourth-order valence-corrected chi connectivity index (χ4v) is 4.86. The molecule has 1 aliphatic heterocycles. The van der Waals surface area contributed by atoms with Gasteiger partial charge < -0.3 is 15.7 Å². The van der Waals surface area contributed by atoms with Crippen molar-refractivity contribution >= 4 is 40.0 Å². The van der Waals surface area contributed by atoms with Crippen molar-refractivity contribution < 1.29 is 49.8 Å². The summed E-state index contributed by atoms with van der Waals surface area (Å²) in [6.45, 7) is -1.17. The van der Waals surface area contributed by atoms with Crippen molar-refractivity contribution in [3.8, 4) is 0 Å². The van der Waals surface area contributed by atoms with Crippen molar-refractivity contribution in [2.75, 3.05) is 5.32 Å². The minimum Gasteiger partial charge on any atom is -0.363 e. The molecule has 0 fully saturated rings. The van der Waals surface area contributed by atoms with Crippen LogP contribution in [0.2, 0.25) is 5.02 Å². The van der Waals surface area contributed by atoms with Gasteiger partial charge in [-0.05, 0) is 42.5 Å². The van der Waals surface area contributed by atoms with Gasteiger partial charge in [-0.15, -0.1) is 5.10 Å². The first-order valence-electron chi connectivity index (χ1n) is 11.3. The van der Waals surface area contributed by atoms with Crippen LogP contribution in [0.4, 0.5) is 40.8 Å². The van der Waals surface area contributed by atoms with E-state index in [0.29, 0.717) is 22.9 Å². The molecule has 214 valence electrons. The highest BCUT2D eigenvalue weighted by Crippen LogP contribution is 2.46. The fourth-order valence-electron chi connectivity index (χ4n) is 4.61. The molecule has 4 aromatic rings. The standard InChI is InChI=1S/C25H13ClF8N4O3/c26-14-2-1-11(27)6-13(14)24(41)20-15(35-22(39)9-3-10(25(32,33)34)5-12(28)4-9)7-16-18(19(20)23(40)36-24)21(31)37-38(16)8-17(29)30/h1-7,17,41H,8H2,(H,35,39)(H,36,40). The highest BCUT2D eigenvalue weighted by molar-refractivity contribution is 6.31. The van der Waals surface area contributed by atoms with Crippen molar-refractivity contribution in [3.05, 3.63) is 92.9 Å². The number of nitrogens with zero attached hydrogens (tertiary/aromatic N) is 2. The van der Waals surface area contributed by atoms with Gasteiger partial charge in [0.25, 0.3) is 18.2 Å². The molecule has 3 aromatic carbocycles. The quantitative estimate of drug-likeness (QED) is 0.259. The van der Waals surface area contributed by atoms with E-state index >= 15 is 0 Å². The third-order valence-electron chi connectivity index (χ3n) is 6.25. The van der Waals surface area contributed by atoms with Gasteiger partial charge in [0.2, 0.25) is 5.95 Å². The Kier molecular flexibility index (Phi) is 6.69. The number of carbonyl (C=O) groups is 2. The molecule has 0 aliphatic carbocycles. The van der Waals surface area contributed by atoms with Crippen LogP contribution in [0.1, 0.15) is 37.4 Å². The number of carbonyl (C=O) groups excluding carboxylic acids is 2. The van der Waals surface area contributed by atoms with Crippen LogP contribution in [0.15, 0.2) is 42.5 Å². The fraction of sp³-hybridized carbons (Fsp3) is 0.160. The van der Waals surface area contributed by atoms with Crippen molar-refractivity contribution in [3.63, 3.8) is 0 Å². The monoisotopic (exact) mass is 604 g/mol. The smallest absolute Gasteiger partial charge is 0.363 e. The summed E-state index contributed by atoms with van der Waals surface area (Å²) < 4.78 is 110. The molecule has 3 N–H and O–H groups in total. The Balaban J connectivity index is 1.77. The molecule has 16 heteroatoms. The van der Waals surface area contributed by atoms with Crippen LogP contribution in [0.5, 0.6) is 0 Å². The molecule has 41 heavy (non-hydrogen) atoms. The Labute approximate surface area is 228 Å². The number of fused-ring (bicyclic) bond motifs is 3. The Hall–Kier alpha value is -4.24. The number of amides is 2. The largest absolute Gasteiger partial charge is 0.416 e. The van der Waals surface area contributed by atoms with Gasteiger partial charge in [-0.2, -0.15) is 17.6 Å². The van der Waals surface area contributed by atoms with Gasteiger partial charge in [-0.25, -0.2) is 17.6 Å². The van der Waals surface area contributed by atoms with Crippen LogP contribution < -0.4 is 10.6 Å². The molecule has 0 radical (unpaired) electrons. The summed E-state index contributed by atoms with van der Waals surface area (Å²) in [7, 11) is 0. The summed E-state index contributed by atoms with van der Waals surface area (Å²) in [6.07, 6.45) is -8.10. The number of aliphatic hydroxyl groups is 1. The third-order valence-corrected chi connectivity index (χ3v) is 6.58. The number of alkyl halides is 5. The lowest BCUT2D eigenvalue weighted by atomic mass is 9.90. The van der Waals surface area contributed by atoms with E-state index in [0.717, 1.165) is 18.2 Å². The van der Waals surface area contributed by atoms with Gasteiger partial charge in [0, 0.05) is 21.7 Å². The summed E-state index contributed by atoms with van der Waals surface area (Å²) in [5, 5.41) is 18.2. The van der Waals surface area contributed by atoms with Crippen LogP contribution >= 0.6 is 11.6 Å². The van der Waals surface area contributed by atoms with E-state index in [1.165, 1.54) is 0 Å². The van der Waals surface area contributed by atoms with Gasteiger partial charge in [-0.1, -0.05) is 11.6 Å². The first-order valence-corrected chi connectivity index (χ1v) is 11.7. The Bertz CT molecular complexity index is 1760. The molecule has 1 atom stereocenters. The van der Waals surface area contributed by atoms with E-state index in [4.69, 9.17) is 11.6 Å². The number of halogens is 9. The van der Waals surface area contributed by atoms with E-state index in [1.807, 2.05) is 0 Å². The molecular formula is C25H13ClF8N4O3. The minimum atomic E-state index is -5.04. The van der Waals surface area contributed by atoms with Gasteiger partial charge in [0.05, 0.1) is 27.7 Å². The van der Waals surface area contributed by atoms with Crippen molar-refractivity contribution in [2.24, 2.45) is 0 Å². The highest BCUT2D eigenvalue weighted by Gasteiger charge is 2.48. The predicted molar refractivity (Wildman–Crippen MR) is 127 cm³/mol. The lowest BCUT2D eigenvalue weighted by Gasteiger charge is -2.27. The van der Waals surface area contributed by atoms with Gasteiger partial charge in [-0.3, -0.25) is 14.3 Å². The number of anilines is 1. The zero-order valence-electron chi connectivity index (χ0n) is 19.9. The second-order valence-corrected chi connectivity index (χ2v) is 9.31. The lowest BCUT2D eigenvalue weighted by molar-refractivity contribution is -0.137. The van der Waals surface area contributed by atoms with Gasteiger partial charge >= 0.3 is 6.18 Å². The molecule has 0 bridgehead atoms. The third kappa shape index (κ3) is 4.84. The number of hydrogen-bond acceptors (Lipinski definition) is 4. The summed E-state index contributed by atoms with van der Waals surface area (Å²) in [5.41, 5.74) is -8.11. The maximum absolute atomic E-state index is 15.0. The molecule has 2 heterocycles. The first kappa shape index (κ1) is 28.3. The molecule has 0 spiro atoms. The molecule has 1 unspecified atom stereocenters. The minimum absolute atomic E-state index is 0.138. The van der Waals surface area contributed by atoms with Crippen molar-refractivity contribution in [1.82, 2.24) is 15.1 Å². The van der Waals surface area contributed by atoms with E-state index in [-0.39, 0.29) is 11.1 Å². The highest BCUT2D eigenvalue weighted by atomic mass is 35.5. The predicted octanol–water partition coefficient (Wildman–Crippen LogP) is 5.58. The number of nitrogens with one attached hydrogen (secondary N) is 2. The molecule has 1 aromatic heterocycles. The normalized spacial score (nSPS) is 16.8. The van der Waals surface area contributed by atoms with Crippen LogP contribution in [0, 0.1) is 17.6 Å². The van der Waals surface area contributed by atoms with E-state index < -0.39 is 98.7 Å². The molecule has 0 saturated heterocycles. The molecular weight excluding hydrogens is 592 g/mol. The molecule has 0 saturated carbocycles. The average molecular weight is 605 g/mol. The van der Waals surface area contributed by atoms with Crippen molar-refractivity contribution in [2.45, 2.75) is 24.9 Å². The average Bonchev–Trinajstić information content (AvgIpc) is 3.32. The topological polar surface area (TPSA) is 96.2 Å². The lowest BCUT2D eigenvalue weighted by Crippen LogP contribution is -2.41. The van der Waals surface area contributed by atoms with Crippen LogP contribution in [-0.2, 0) is 18.4 Å². The maximum Gasteiger partial charge on any atom is 0.416 e. The Morgan fingerprint density at radius 3 is 2.46 bits per heavy atom. The van der Waals surface area contributed by atoms with Crippen LogP contribution in [0.25, 0.3) is 10.9 Å². The number of aromatic nitrogens is 2. The molecule has 7 nitrogen and oxygen atoms in total. The Morgan fingerprint density at radius 1 is 1.10 bits per heavy atom. The second kappa shape index (κ2) is 9.69. The van der Waals surface area contributed by atoms with E-state index in [2.05, 4.69) is 15.7 Å². The maximum atomic E-state index is 15.0.